The third kappa shape index (κ3) is 14.9. The van der Waals surface area contributed by atoms with Gasteiger partial charge in [-0.1, -0.05) is 48.6 Å². The summed E-state index contributed by atoms with van der Waals surface area (Å²) in [5.74, 6) is 0. The van der Waals surface area contributed by atoms with E-state index < -0.39 is 19.7 Å². The monoisotopic (exact) mass is 816 g/mol. The molecule has 0 radical (unpaired) electrons. The van der Waals surface area contributed by atoms with Gasteiger partial charge in [-0.05, 0) is 70.8 Å². The maximum Gasteiger partial charge on any atom is 0.269 e. The molecule has 0 unspecified atom stereocenters. The zero-order chi connectivity index (χ0) is 42.7. The first-order valence-corrected chi connectivity index (χ1v) is 19.6. The Kier molecular flexibility index (Phi) is 17.0. The first-order chi connectivity index (χ1) is 29.0. The minimum absolute atomic E-state index is 0.0414. The Balaban J connectivity index is 1.33. The fourth-order valence-electron chi connectivity index (χ4n) is 6.49. The molecule has 0 aliphatic carbocycles. The summed E-state index contributed by atoms with van der Waals surface area (Å²) in [4.78, 5) is 52.4. The average molecular weight is 817 g/mol. The number of benzene rings is 4. The molecule has 0 bridgehead atoms. The van der Waals surface area contributed by atoms with E-state index in [1.54, 1.807) is 48.5 Å². The summed E-state index contributed by atoms with van der Waals surface area (Å²) in [5.41, 5.74) is 3.64. The molecule has 0 amide bonds. The topological polar surface area (TPSA) is 186 Å². The maximum atomic E-state index is 11.1. The molecule has 1 aliphatic rings. The first kappa shape index (κ1) is 44.4. The van der Waals surface area contributed by atoms with Gasteiger partial charge in [0.05, 0.1) is 19.7 Å². The Hall–Kier alpha value is -6.72. The molecule has 60 heavy (non-hydrogen) atoms. The van der Waals surface area contributed by atoms with Gasteiger partial charge in [-0.2, -0.15) is 0 Å². The van der Waals surface area contributed by atoms with Crippen molar-refractivity contribution in [2.24, 2.45) is 0 Å². The second-order valence-corrected chi connectivity index (χ2v) is 14.2. The molecule has 5 rings (SSSR count). The molecule has 1 saturated heterocycles. The van der Waals surface area contributed by atoms with Crippen LogP contribution in [-0.4, -0.2) is 118 Å². The molecule has 0 atom stereocenters. The summed E-state index contributed by atoms with van der Waals surface area (Å²) in [6.07, 6.45) is 16.2. The predicted molar refractivity (Wildman–Crippen MR) is 234 cm³/mol. The van der Waals surface area contributed by atoms with Crippen LogP contribution in [0.4, 0.5) is 22.7 Å². The molecule has 16 nitrogen and oxygen atoms in total. The van der Waals surface area contributed by atoms with Gasteiger partial charge >= 0.3 is 0 Å². The van der Waals surface area contributed by atoms with Crippen LogP contribution in [0.1, 0.15) is 22.3 Å². The first-order valence-electron chi connectivity index (χ1n) is 19.6. The number of hydrogen-bond donors (Lipinski definition) is 0. The molecule has 0 spiro atoms. The highest BCUT2D eigenvalue weighted by Gasteiger charge is 2.16. The molecule has 312 valence electrons. The fourth-order valence-corrected chi connectivity index (χ4v) is 6.49. The lowest BCUT2D eigenvalue weighted by molar-refractivity contribution is -0.385. The van der Waals surface area contributed by atoms with Gasteiger partial charge in [0.2, 0.25) is 0 Å². The lowest BCUT2D eigenvalue weighted by Gasteiger charge is -2.33. The van der Waals surface area contributed by atoms with E-state index in [1.807, 2.05) is 24.3 Å². The summed E-state index contributed by atoms with van der Waals surface area (Å²) < 4.78 is 0. The Morgan fingerprint density at radius 2 is 0.500 bits per heavy atom. The van der Waals surface area contributed by atoms with Crippen LogP contribution in [0.5, 0.6) is 0 Å². The molecule has 1 heterocycles. The largest absolute Gasteiger partial charge is 0.297 e. The maximum absolute atomic E-state index is 11.1. The van der Waals surface area contributed by atoms with E-state index in [2.05, 4.69) is 43.9 Å². The molecule has 0 saturated carbocycles. The number of non-ortho nitro benzene ring substituents is 4. The van der Waals surface area contributed by atoms with Gasteiger partial charge in [0.25, 0.3) is 22.7 Å². The van der Waals surface area contributed by atoms with Crippen molar-refractivity contribution in [3.63, 3.8) is 0 Å². The van der Waals surface area contributed by atoms with Gasteiger partial charge in [-0.3, -0.25) is 60.1 Å². The van der Waals surface area contributed by atoms with Gasteiger partial charge in [0.1, 0.15) is 0 Å². The Morgan fingerprint density at radius 3 is 0.650 bits per heavy atom. The highest BCUT2D eigenvalue weighted by molar-refractivity contribution is 5.54. The van der Waals surface area contributed by atoms with Crippen molar-refractivity contribution in [1.29, 1.82) is 0 Å². The summed E-state index contributed by atoms with van der Waals surface area (Å²) in [6, 6.07) is 25.8. The van der Waals surface area contributed by atoms with Gasteiger partial charge in [-0.25, -0.2) is 0 Å². The van der Waals surface area contributed by atoms with E-state index in [0.29, 0.717) is 26.2 Å². The van der Waals surface area contributed by atoms with Crippen LogP contribution in [0.3, 0.4) is 0 Å². The van der Waals surface area contributed by atoms with Crippen LogP contribution in [0, 0.1) is 40.5 Å². The van der Waals surface area contributed by atoms with E-state index in [1.165, 1.54) is 48.5 Å². The SMILES string of the molecule is O=[N+]([O-])c1ccc(/C=C/CN2CCN(C/C=C/c3ccc([N+](=O)[O-])cc3)CCN(C/C=C/c3ccc([N+](=O)[O-])cc3)CCN(C/C=C/c3ccc([N+](=O)[O-])cc3)CC2)cc1. The van der Waals surface area contributed by atoms with Gasteiger partial charge in [-0.15, -0.1) is 0 Å². The smallest absolute Gasteiger partial charge is 0.269 e. The summed E-state index contributed by atoms with van der Waals surface area (Å²) in [7, 11) is 0. The van der Waals surface area contributed by atoms with Crippen LogP contribution in [0.25, 0.3) is 24.3 Å². The molecular formula is C44H48N8O8. The van der Waals surface area contributed by atoms with Crippen molar-refractivity contribution in [2.75, 3.05) is 78.5 Å². The second-order valence-electron chi connectivity index (χ2n) is 14.2. The number of rotatable bonds is 16. The highest BCUT2D eigenvalue weighted by Crippen LogP contribution is 2.17. The van der Waals surface area contributed by atoms with Crippen molar-refractivity contribution in [1.82, 2.24) is 19.6 Å². The molecule has 16 heteroatoms. The van der Waals surface area contributed by atoms with Gasteiger partial charge < -0.3 is 0 Å². The summed E-state index contributed by atoms with van der Waals surface area (Å²) in [5, 5.41) is 44.5. The van der Waals surface area contributed by atoms with E-state index in [9.17, 15) is 40.5 Å². The molecule has 4 aromatic rings. The molecule has 0 aromatic heterocycles. The lowest BCUT2D eigenvalue weighted by atomic mass is 10.2. The summed E-state index contributed by atoms with van der Waals surface area (Å²) >= 11 is 0. The van der Waals surface area contributed by atoms with Crippen LogP contribution in [0.15, 0.2) is 121 Å². The van der Waals surface area contributed by atoms with Crippen molar-refractivity contribution < 1.29 is 19.7 Å². The van der Waals surface area contributed by atoms with Gasteiger partial charge in [0, 0.05) is 127 Å². The number of hydrogen-bond acceptors (Lipinski definition) is 12. The Labute approximate surface area is 348 Å². The number of nitrogens with zero attached hydrogens (tertiary/aromatic N) is 8. The van der Waals surface area contributed by atoms with E-state index in [-0.39, 0.29) is 22.7 Å². The number of nitro benzene ring substituents is 4. The average Bonchev–Trinajstić information content (AvgIpc) is 3.24. The van der Waals surface area contributed by atoms with Crippen molar-refractivity contribution in [2.45, 2.75) is 0 Å². The highest BCUT2D eigenvalue weighted by atomic mass is 16.6. The summed E-state index contributed by atoms with van der Waals surface area (Å²) in [6.45, 7) is 8.78. The van der Waals surface area contributed by atoms with E-state index in [0.717, 1.165) is 74.6 Å². The minimum Gasteiger partial charge on any atom is -0.297 e. The zero-order valence-corrected chi connectivity index (χ0v) is 33.2. The molecule has 1 fully saturated rings. The van der Waals surface area contributed by atoms with Crippen LogP contribution < -0.4 is 0 Å². The normalized spacial score (nSPS) is 15.7. The van der Waals surface area contributed by atoms with Gasteiger partial charge in [0.15, 0.2) is 0 Å². The van der Waals surface area contributed by atoms with E-state index >= 15 is 0 Å². The standard InChI is InChI=1S/C44H48N8O8/c53-49(54)41-17-9-37(10-18-41)5-1-25-45-29-31-46(26-2-6-38-11-19-42(20-12-38)50(55)56)33-35-48(28-4-8-40-15-23-44(24-16-40)52(59)60)36-34-47(32-30-45)27-3-7-39-13-21-43(22-14-39)51(57)58/h1-24H,25-36H2/b5-1+,6-2+,7-3+,8-4+. The van der Waals surface area contributed by atoms with Crippen LogP contribution in [0.2, 0.25) is 0 Å². The van der Waals surface area contributed by atoms with E-state index in [4.69, 9.17) is 0 Å². The predicted octanol–water partition coefficient (Wildman–Crippen LogP) is 7.69. The minimum atomic E-state index is -0.415. The zero-order valence-electron chi connectivity index (χ0n) is 33.2. The van der Waals surface area contributed by atoms with Crippen LogP contribution in [-0.2, 0) is 0 Å². The quantitative estimate of drug-likeness (QED) is 0.0794. The molecule has 0 N–H and O–H groups in total. The number of nitro groups is 4. The lowest BCUT2D eigenvalue weighted by Crippen LogP contribution is -2.46. The van der Waals surface area contributed by atoms with Crippen molar-refractivity contribution in [3.05, 3.63) is 184 Å². The van der Waals surface area contributed by atoms with Crippen molar-refractivity contribution in [3.8, 4) is 0 Å². The second kappa shape index (κ2) is 23.0. The van der Waals surface area contributed by atoms with Crippen molar-refractivity contribution >= 4 is 47.1 Å². The molecule has 4 aromatic carbocycles. The van der Waals surface area contributed by atoms with Crippen LogP contribution >= 0.6 is 0 Å². The Bertz CT molecular complexity index is 1830. The fraction of sp³-hybridized carbons (Fsp3) is 0.273. The third-order valence-electron chi connectivity index (χ3n) is 10.0. The molecule has 1 aliphatic heterocycles. The molecular weight excluding hydrogens is 769 g/mol. The Morgan fingerprint density at radius 1 is 0.333 bits per heavy atom. The third-order valence-corrected chi connectivity index (χ3v) is 10.0.